The first-order chi connectivity index (χ1) is 7.52. The van der Waals surface area contributed by atoms with E-state index in [0.717, 1.165) is 5.56 Å². The van der Waals surface area contributed by atoms with Gasteiger partial charge in [-0.2, -0.15) is 0 Å². The van der Waals surface area contributed by atoms with Crippen molar-refractivity contribution < 1.29 is 9.59 Å². The van der Waals surface area contributed by atoms with Crippen LogP contribution in [-0.2, 0) is 9.59 Å². The second-order valence-corrected chi connectivity index (χ2v) is 3.66. The summed E-state index contributed by atoms with van der Waals surface area (Å²) in [5.74, 6) is -0.521. The van der Waals surface area contributed by atoms with Crippen LogP contribution in [0.1, 0.15) is 12.5 Å². The highest BCUT2D eigenvalue weighted by Gasteiger charge is 2.04. The predicted molar refractivity (Wildman–Crippen MR) is 64.8 cm³/mol. The molecule has 0 aliphatic rings. The standard InChI is InChI=1S/C11H13ClN2O2/c1-7-3-4-9(14-11(16)6-12)5-10(7)13-8(2)15/h3-5H,6H2,1-2H3,(H,13,15)(H,14,16). The van der Waals surface area contributed by atoms with Crippen molar-refractivity contribution in [3.63, 3.8) is 0 Å². The van der Waals surface area contributed by atoms with E-state index >= 15 is 0 Å². The number of hydrogen-bond donors (Lipinski definition) is 2. The number of amides is 2. The van der Waals surface area contributed by atoms with Crippen molar-refractivity contribution in [1.82, 2.24) is 0 Å². The normalized spacial score (nSPS) is 9.69. The summed E-state index contributed by atoms with van der Waals surface area (Å²) >= 11 is 5.38. The molecule has 1 aromatic carbocycles. The van der Waals surface area contributed by atoms with Crippen LogP contribution in [0.5, 0.6) is 0 Å². The van der Waals surface area contributed by atoms with Gasteiger partial charge in [0.15, 0.2) is 0 Å². The fraction of sp³-hybridized carbons (Fsp3) is 0.273. The molecule has 1 rings (SSSR count). The van der Waals surface area contributed by atoms with Gasteiger partial charge in [0, 0.05) is 18.3 Å². The van der Waals surface area contributed by atoms with E-state index in [0.29, 0.717) is 11.4 Å². The number of rotatable bonds is 3. The molecule has 5 heteroatoms. The number of halogens is 1. The molecule has 0 aliphatic heterocycles. The summed E-state index contributed by atoms with van der Waals surface area (Å²) in [6, 6.07) is 5.27. The summed E-state index contributed by atoms with van der Waals surface area (Å²) in [5.41, 5.74) is 2.22. The average molecular weight is 241 g/mol. The van der Waals surface area contributed by atoms with Gasteiger partial charge in [0.25, 0.3) is 0 Å². The predicted octanol–water partition coefficient (Wildman–Crippen LogP) is 2.13. The third kappa shape index (κ3) is 3.55. The molecule has 2 amide bonds. The van der Waals surface area contributed by atoms with Gasteiger partial charge >= 0.3 is 0 Å². The van der Waals surface area contributed by atoms with Crippen LogP contribution in [0.3, 0.4) is 0 Å². The number of nitrogens with one attached hydrogen (secondary N) is 2. The third-order valence-electron chi connectivity index (χ3n) is 1.95. The molecule has 0 aliphatic carbocycles. The Morgan fingerprint density at radius 2 is 2.00 bits per heavy atom. The summed E-state index contributed by atoms with van der Waals surface area (Å²) < 4.78 is 0. The molecule has 2 N–H and O–H groups in total. The van der Waals surface area contributed by atoms with Crippen molar-refractivity contribution in [3.05, 3.63) is 23.8 Å². The van der Waals surface area contributed by atoms with Crippen LogP contribution in [0.15, 0.2) is 18.2 Å². The van der Waals surface area contributed by atoms with E-state index in [4.69, 9.17) is 11.6 Å². The quantitative estimate of drug-likeness (QED) is 0.796. The Kier molecular flexibility index (Phi) is 4.31. The Hall–Kier alpha value is -1.55. The van der Waals surface area contributed by atoms with Crippen molar-refractivity contribution in [2.75, 3.05) is 16.5 Å². The molecule has 0 heterocycles. The van der Waals surface area contributed by atoms with Crippen LogP contribution in [-0.4, -0.2) is 17.7 Å². The number of anilines is 2. The number of benzene rings is 1. The van der Waals surface area contributed by atoms with Gasteiger partial charge in [-0.3, -0.25) is 9.59 Å². The van der Waals surface area contributed by atoms with Crippen LogP contribution in [0.4, 0.5) is 11.4 Å². The lowest BCUT2D eigenvalue weighted by Gasteiger charge is -2.09. The zero-order valence-electron chi connectivity index (χ0n) is 9.13. The molecule has 0 aromatic heterocycles. The Labute approximate surface area is 99.0 Å². The molecule has 0 fully saturated rings. The molecule has 0 saturated carbocycles. The summed E-state index contributed by atoms with van der Waals surface area (Å²) in [6.45, 7) is 3.31. The lowest BCUT2D eigenvalue weighted by atomic mass is 10.2. The Morgan fingerprint density at radius 1 is 1.31 bits per heavy atom. The van der Waals surface area contributed by atoms with Crippen LogP contribution in [0, 0.1) is 6.92 Å². The van der Waals surface area contributed by atoms with Crippen molar-refractivity contribution in [2.45, 2.75) is 13.8 Å². The molecule has 0 spiro atoms. The molecule has 0 bridgehead atoms. The smallest absolute Gasteiger partial charge is 0.239 e. The zero-order chi connectivity index (χ0) is 12.1. The zero-order valence-corrected chi connectivity index (χ0v) is 9.89. The maximum atomic E-state index is 11.1. The SMILES string of the molecule is CC(=O)Nc1cc(NC(=O)CCl)ccc1C. The molecule has 0 atom stereocenters. The summed E-state index contributed by atoms with van der Waals surface area (Å²) in [5, 5.41) is 5.29. The first-order valence-electron chi connectivity index (χ1n) is 4.77. The van der Waals surface area contributed by atoms with Crippen molar-refractivity contribution in [2.24, 2.45) is 0 Å². The highest BCUT2D eigenvalue weighted by Crippen LogP contribution is 2.20. The topological polar surface area (TPSA) is 58.2 Å². The second-order valence-electron chi connectivity index (χ2n) is 3.39. The van der Waals surface area contributed by atoms with Crippen LogP contribution >= 0.6 is 11.6 Å². The Morgan fingerprint density at radius 3 is 2.56 bits per heavy atom. The van der Waals surface area contributed by atoms with Gasteiger partial charge in [-0.25, -0.2) is 0 Å². The van der Waals surface area contributed by atoms with Crippen molar-refractivity contribution >= 4 is 34.8 Å². The molecule has 4 nitrogen and oxygen atoms in total. The maximum Gasteiger partial charge on any atom is 0.239 e. The number of alkyl halides is 1. The highest BCUT2D eigenvalue weighted by atomic mass is 35.5. The van der Waals surface area contributed by atoms with Gasteiger partial charge in [-0.05, 0) is 24.6 Å². The lowest BCUT2D eigenvalue weighted by Crippen LogP contribution is -2.13. The number of carbonyl (C=O) groups is 2. The third-order valence-corrected chi connectivity index (χ3v) is 2.20. The minimum absolute atomic E-state index is 0.0939. The summed E-state index contributed by atoms with van der Waals surface area (Å²) in [4.78, 5) is 22.0. The average Bonchev–Trinajstić information content (AvgIpc) is 2.22. The van der Waals surface area contributed by atoms with Gasteiger partial charge in [-0.15, -0.1) is 11.6 Å². The molecule has 0 saturated heterocycles. The minimum Gasteiger partial charge on any atom is -0.326 e. The fourth-order valence-electron chi connectivity index (χ4n) is 1.22. The highest BCUT2D eigenvalue weighted by molar-refractivity contribution is 6.29. The van der Waals surface area contributed by atoms with E-state index in [-0.39, 0.29) is 17.7 Å². The van der Waals surface area contributed by atoms with E-state index in [1.165, 1.54) is 6.92 Å². The molecule has 0 radical (unpaired) electrons. The van der Waals surface area contributed by atoms with E-state index in [1.807, 2.05) is 13.0 Å². The van der Waals surface area contributed by atoms with Crippen LogP contribution < -0.4 is 10.6 Å². The Balaban J connectivity index is 2.88. The molecule has 1 aromatic rings. The van der Waals surface area contributed by atoms with Gasteiger partial charge < -0.3 is 10.6 Å². The molecule has 0 unspecified atom stereocenters. The Bertz CT molecular complexity index is 418. The molecule has 16 heavy (non-hydrogen) atoms. The van der Waals surface area contributed by atoms with Gasteiger partial charge in [-0.1, -0.05) is 6.07 Å². The fourth-order valence-corrected chi connectivity index (χ4v) is 1.29. The number of carbonyl (C=O) groups excluding carboxylic acids is 2. The van der Waals surface area contributed by atoms with Gasteiger partial charge in [0.2, 0.25) is 11.8 Å². The lowest BCUT2D eigenvalue weighted by molar-refractivity contribution is -0.114. The monoisotopic (exact) mass is 240 g/mol. The maximum absolute atomic E-state index is 11.1. The molecular weight excluding hydrogens is 228 g/mol. The van der Waals surface area contributed by atoms with E-state index in [9.17, 15) is 9.59 Å². The van der Waals surface area contributed by atoms with Crippen molar-refractivity contribution in [3.8, 4) is 0 Å². The summed E-state index contributed by atoms with van der Waals surface area (Å²) in [7, 11) is 0. The minimum atomic E-state index is -0.278. The molecule has 86 valence electrons. The summed E-state index contributed by atoms with van der Waals surface area (Å²) in [6.07, 6.45) is 0. The van der Waals surface area contributed by atoms with Crippen LogP contribution in [0.25, 0.3) is 0 Å². The largest absolute Gasteiger partial charge is 0.326 e. The first-order valence-corrected chi connectivity index (χ1v) is 5.30. The van der Waals surface area contributed by atoms with E-state index < -0.39 is 0 Å². The number of hydrogen-bond acceptors (Lipinski definition) is 2. The molecular formula is C11H13ClN2O2. The van der Waals surface area contributed by atoms with Crippen LogP contribution in [0.2, 0.25) is 0 Å². The van der Waals surface area contributed by atoms with E-state index in [1.54, 1.807) is 12.1 Å². The van der Waals surface area contributed by atoms with Crippen molar-refractivity contribution in [1.29, 1.82) is 0 Å². The number of aryl methyl sites for hydroxylation is 1. The van der Waals surface area contributed by atoms with Gasteiger partial charge in [0.1, 0.15) is 5.88 Å². The first kappa shape index (κ1) is 12.5. The van der Waals surface area contributed by atoms with E-state index in [2.05, 4.69) is 10.6 Å². The second kappa shape index (κ2) is 5.51. The van der Waals surface area contributed by atoms with Gasteiger partial charge in [0.05, 0.1) is 0 Å².